The molecular formula is C7H5F3O2S. The minimum absolute atomic E-state index is 0.340. The summed E-state index contributed by atoms with van der Waals surface area (Å²) in [6.45, 7) is 0. The van der Waals surface area contributed by atoms with Crippen LogP contribution in [-0.2, 0) is 10.2 Å². The third-order valence-corrected chi connectivity index (χ3v) is 2.25. The highest BCUT2D eigenvalue weighted by atomic mass is 32.3. The van der Waals surface area contributed by atoms with Crippen LogP contribution in [0.25, 0.3) is 0 Å². The molecule has 0 aliphatic heterocycles. The molecule has 1 aromatic carbocycles. The molecular weight excluding hydrogens is 205 g/mol. The Bertz CT molecular complexity index is 383. The standard InChI is InChI=1S/C7H5F3O2S/c8-7(9)5-1-3-6(4-2-5)13(10,11)12/h1-4,7H. The summed E-state index contributed by atoms with van der Waals surface area (Å²) in [5.74, 6) is 0. The highest BCUT2D eigenvalue weighted by Crippen LogP contribution is 2.20. The molecule has 13 heavy (non-hydrogen) atoms. The molecule has 0 amide bonds. The fourth-order valence-corrected chi connectivity index (χ4v) is 1.24. The zero-order valence-corrected chi connectivity index (χ0v) is 7.06. The van der Waals surface area contributed by atoms with Gasteiger partial charge in [0.2, 0.25) is 0 Å². The lowest BCUT2D eigenvalue weighted by Gasteiger charge is -1.99. The summed E-state index contributed by atoms with van der Waals surface area (Å²) in [4.78, 5) is -0.614. The number of rotatable bonds is 2. The molecule has 0 saturated carbocycles. The van der Waals surface area contributed by atoms with Crippen LogP contribution in [0.15, 0.2) is 29.2 Å². The molecule has 0 aliphatic carbocycles. The van der Waals surface area contributed by atoms with Crippen molar-refractivity contribution in [2.75, 3.05) is 0 Å². The van der Waals surface area contributed by atoms with Gasteiger partial charge in [-0.3, -0.25) is 0 Å². The number of hydrogen-bond acceptors (Lipinski definition) is 2. The van der Waals surface area contributed by atoms with E-state index in [0.717, 1.165) is 24.3 Å². The lowest BCUT2D eigenvalue weighted by Crippen LogP contribution is -1.92. The number of alkyl halides is 2. The van der Waals surface area contributed by atoms with Gasteiger partial charge >= 0.3 is 10.2 Å². The fraction of sp³-hybridized carbons (Fsp3) is 0.143. The number of hydrogen-bond donors (Lipinski definition) is 0. The third kappa shape index (κ3) is 2.45. The van der Waals surface area contributed by atoms with Gasteiger partial charge < -0.3 is 0 Å². The molecule has 72 valence electrons. The van der Waals surface area contributed by atoms with Gasteiger partial charge in [-0.1, -0.05) is 12.1 Å². The van der Waals surface area contributed by atoms with Crippen molar-refractivity contribution in [1.82, 2.24) is 0 Å². The molecule has 0 N–H and O–H groups in total. The lowest BCUT2D eigenvalue weighted by atomic mass is 10.2. The van der Waals surface area contributed by atoms with E-state index in [9.17, 15) is 21.1 Å². The van der Waals surface area contributed by atoms with Crippen LogP contribution in [-0.4, -0.2) is 8.42 Å². The third-order valence-electron chi connectivity index (χ3n) is 1.41. The Hall–Kier alpha value is -1.04. The molecule has 1 aromatic rings. The molecule has 6 heteroatoms. The zero-order valence-electron chi connectivity index (χ0n) is 6.25. The maximum atomic E-state index is 12.2. The van der Waals surface area contributed by atoms with Crippen LogP contribution in [0.1, 0.15) is 12.0 Å². The minimum atomic E-state index is -4.79. The van der Waals surface area contributed by atoms with Crippen LogP contribution in [0.2, 0.25) is 0 Å². The van der Waals surface area contributed by atoms with Crippen molar-refractivity contribution in [3.8, 4) is 0 Å². The first-order valence-electron chi connectivity index (χ1n) is 3.24. The first-order chi connectivity index (χ1) is 5.91. The second kappa shape index (κ2) is 3.37. The van der Waals surface area contributed by atoms with Gasteiger partial charge in [0.25, 0.3) is 6.43 Å². The summed E-state index contributed by atoms with van der Waals surface area (Å²) in [6.07, 6.45) is -2.68. The molecule has 0 fully saturated rings. The maximum absolute atomic E-state index is 12.2. The van der Waals surface area contributed by atoms with Crippen molar-refractivity contribution < 1.29 is 21.1 Å². The minimum Gasteiger partial charge on any atom is -0.205 e. The molecule has 1 rings (SSSR count). The predicted molar refractivity (Wildman–Crippen MR) is 39.7 cm³/mol. The number of halogens is 3. The SMILES string of the molecule is O=S(=O)(F)c1ccc(C(F)F)cc1. The van der Waals surface area contributed by atoms with Crippen molar-refractivity contribution in [2.24, 2.45) is 0 Å². The van der Waals surface area contributed by atoms with Crippen LogP contribution in [0.4, 0.5) is 12.7 Å². The van der Waals surface area contributed by atoms with Gasteiger partial charge in [-0.05, 0) is 12.1 Å². The van der Waals surface area contributed by atoms with Crippen molar-refractivity contribution in [2.45, 2.75) is 11.3 Å². The average Bonchev–Trinajstić information content (AvgIpc) is 2.03. The van der Waals surface area contributed by atoms with E-state index in [-0.39, 0.29) is 5.56 Å². The topological polar surface area (TPSA) is 34.1 Å². The first-order valence-corrected chi connectivity index (χ1v) is 4.62. The Balaban J connectivity index is 3.08. The molecule has 0 aromatic heterocycles. The molecule has 0 heterocycles. The molecule has 0 unspecified atom stereocenters. The normalized spacial score (nSPS) is 12.0. The second-order valence-corrected chi connectivity index (χ2v) is 3.65. The van der Waals surface area contributed by atoms with E-state index in [1.165, 1.54) is 0 Å². The smallest absolute Gasteiger partial charge is 0.205 e. The Morgan fingerprint density at radius 1 is 1.08 bits per heavy atom. The summed E-state index contributed by atoms with van der Waals surface area (Å²) >= 11 is 0. The maximum Gasteiger partial charge on any atom is 0.332 e. The van der Waals surface area contributed by atoms with E-state index in [1.54, 1.807) is 0 Å². The Morgan fingerprint density at radius 2 is 1.54 bits per heavy atom. The Labute approximate surface area is 73.2 Å². The summed E-state index contributed by atoms with van der Waals surface area (Å²) in [5, 5.41) is 0. The van der Waals surface area contributed by atoms with Gasteiger partial charge in [0, 0.05) is 5.56 Å². The Kier molecular flexibility index (Phi) is 2.60. The summed E-state index contributed by atoms with van der Waals surface area (Å²) in [7, 11) is -4.79. The average molecular weight is 210 g/mol. The van der Waals surface area contributed by atoms with Gasteiger partial charge in [0.05, 0.1) is 4.90 Å². The molecule has 0 bridgehead atoms. The van der Waals surface area contributed by atoms with Crippen LogP contribution in [0, 0.1) is 0 Å². The highest BCUT2D eigenvalue weighted by molar-refractivity contribution is 7.86. The van der Waals surface area contributed by atoms with E-state index in [0.29, 0.717) is 0 Å². The fourth-order valence-electron chi connectivity index (χ4n) is 0.776. The van der Waals surface area contributed by atoms with Gasteiger partial charge in [-0.25, -0.2) is 8.78 Å². The largest absolute Gasteiger partial charge is 0.332 e. The zero-order chi connectivity index (χ0) is 10.1. The molecule has 0 spiro atoms. The van der Waals surface area contributed by atoms with Gasteiger partial charge in [0.1, 0.15) is 0 Å². The van der Waals surface area contributed by atoms with Crippen molar-refractivity contribution in [3.05, 3.63) is 29.8 Å². The van der Waals surface area contributed by atoms with E-state index >= 15 is 0 Å². The lowest BCUT2D eigenvalue weighted by molar-refractivity contribution is 0.151. The van der Waals surface area contributed by atoms with Gasteiger partial charge in [-0.2, -0.15) is 8.42 Å². The molecule has 0 atom stereocenters. The van der Waals surface area contributed by atoms with Crippen LogP contribution < -0.4 is 0 Å². The summed E-state index contributed by atoms with van der Waals surface area (Å²) in [6, 6.07) is 3.35. The van der Waals surface area contributed by atoms with Crippen molar-refractivity contribution in [1.29, 1.82) is 0 Å². The molecule has 0 radical (unpaired) electrons. The van der Waals surface area contributed by atoms with E-state index in [4.69, 9.17) is 0 Å². The monoisotopic (exact) mass is 210 g/mol. The molecule has 0 saturated heterocycles. The van der Waals surface area contributed by atoms with E-state index in [2.05, 4.69) is 0 Å². The van der Waals surface area contributed by atoms with Crippen LogP contribution in [0.5, 0.6) is 0 Å². The molecule has 2 nitrogen and oxygen atoms in total. The predicted octanol–water partition coefficient (Wildman–Crippen LogP) is 2.28. The Morgan fingerprint density at radius 3 is 1.85 bits per heavy atom. The quantitative estimate of drug-likeness (QED) is 0.702. The van der Waals surface area contributed by atoms with E-state index in [1.807, 2.05) is 0 Å². The van der Waals surface area contributed by atoms with Crippen LogP contribution >= 0.6 is 0 Å². The molecule has 0 aliphatic rings. The van der Waals surface area contributed by atoms with Gasteiger partial charge in [0.15, 0.2) is 0 Å². The summed E-state index contributed by atoms with van der Waals surface area (Å²) in [5.41, 5.74) is -0.340. The number of benzene rings is 1. The van der Waals surface area contributed by atoms with Crippen molar-refractivity contribution >= 4 is 10.2 Å². The first kappa shape index (κ1) is 10.0. The summed E-state index contributed by atoms with van der Waals surface area (Å²) < 4.78 is 56.7. The van der Waals surface area contributed by atoms with Gasteiger partial charge in [-0.15, -0.1) is 3.89 Å². The highest BCUT2D eigenvalue weighted by Gasteiger charge is 2.13. The van der Waals surface area contributed by atoms with Crippen molar-refractivity contribution in [3.63, 3.8) is 0 Å². The van der Waals surface area contributed by atoms with Crippen LogP contribution in [0.3, 0.4) is 0 Å². The van der Waals surface area contributed by atoms with E-state index < -0.39 is 21.5 Å². The second-order valence-electron chi connectivity index (χ2n) is 2.31.